The molecule has 110 valence electrons. The second kappa shape index (κ2) is 5.82. The van der Waals surface area contributed by atoms with Gasteiger partial charge in [0.2, 0.25) is 0 Å². The van der Waals surface area contributed by atoms with Gasteiger partial charge in [0, 0.05) is 23.7 Å². The van der Waals surface area contributed by atoms with Crippen LogP contribution in [0, 0.1) is 5.92 Å². The Labute approximate surface area is 123 Å². The van der Waals surface area contributed by atoms with E-state index in [2.05, 4.69) is 16.8 Å². The maximum atomic E-state index is 11.6. The van der Waals surface area contributed by atoms with Crippen LogP contribution in [-0.4, -0.2) is 33.0 Å². The minimum Gasteiger partial charge on any atom is -0.480 e. The lowest BCUT2D eigenvalue weighted by atomic mass is 9.85. The lowest BCUT2D eigenvalue weighted by Gasteiger charge is -2.32. The Morgan fingerprint density at radius 2 is 2.30 bits per heavy atom. The molecule has 2 aliphatic rings. The number of carbonyl (C=O) groups is 1. The standard InChI is InChI=1S/C15H22N2O2S/c1-2-14-16-8-11(20-14)9-17-12-6-4-3-5-10(12)7-13(17)15(18)19/h8,10,12-13H,2-7,9H2,1H3,(H,18,19). The van der Waals surface area contributed by atoms with E-state index < -0.39 is 5.97 Å². The van der Waals surface area contributed by atoms with E-state index in [1.165, 1.54) is 24.1 Å². The first kappa shape index (κ1) is 14.0. The van der Waals surface area contributed by atoms with Crippen LogP contribution in [0.4, 0.5) is 0 Å². The van der Waals surface area contributed by atoms with Gasteiger partial charge in [-0.3, -0.25) is 9.69 Å². The minimum atomic E-state index is -0.653. The fourth-order valence-corrected chi connectivity index (χ4v) is 4.66. The van der Waals surface area contributed by atoms with E-state index in [1.807, 2.05) is 6.20 Å². The number of hydrogen-bond acceptors (Lipinski definition) is 4. The highest BCUT2D eigenvalue weighted by Crippen LogP contribution is 2.40. The van der Waals surface area contributed by atoms with Crippen molar-refractivity contribution in [1.82, 2.24) is 9.88 Å². The highest BCUT2D eigenvalue weighted by Gasteiger charge is 2.45. The predicted octanol–water partition coefficient (Wildman–Crippen LogP) is 2.92. The summed E-state index contributed by atoms with van der Waals surface area (Å²) in [6.07, 6.45) is 8.59. The molecule has 0 aromatic carbocycles. The number of fused-ring (bicyclic) bond motifs is 1. The van der Waals surface area contributed by atoms with Gasteiger partial charge in [0.15, 0.2) is 0 Å². The molecule has 3 unspecified atom stereocenters. The second-order valence-electron chi connectivity index (χ2n) is 5.95. The van der Waals surface area contributed by atoms with Crippen molar-refractivity contribution >= 4 is 17.3 Å². The van der Waals surface area contributed by atoms with Crippen LogP contribution in [0.5, 0.6) is 0 Å². The van der Waals surface area contributed by atoms with E-state index >= 15 is 0 Å². The summed E-state index contributed by atoms with van der Waals surface area (Å²) in [6, 6.07) is 0.173. The number of thiazole rings is 1. The molecule has 2 heterocycles. The van der Waals surface area contributed by atoms with E-state index in [-0.39, 0.29) is 6.04 Å². The maximum absolute atomic E-state index is 11.6. The summed E-state index contributed by atoms with van der Waals surface area (Å²) in [5.41, 5.74) is 0. The Bertz CT molecular complexity index is 488. The summed E-state index contributed by atoms with van der Waals surface area (Å²) in [4.78, 5) is 19.4. The van der Waals surface area contributed by atoms with Gasteiger partial charge in [0.1, 0.15) is 6.04 Å². The molecule has 3 rings (SSSR count). The smallest absolute Gasteiger partial charge is 0.320 e. The molecular weight excluding hydrogens is 272 g/mol. The molecule has 1 aromatic heterocycles. The Kier molecular flexibility index (Phi) is 4.08. The van der Waals surface area contributed by atoms with E-state index in [4.69, 9.17) is 0 Å². The number of aromatic nitrogens is 1. The molecule has 0 spiro atoms. The zero-order chi connectivity index (χ0) is 14.1. The minimum absolute atomic E-state index is 0.296. The van der Waals surface area contributed by atoms with Gasteiger partial charge < -0.3 is 5.11 Å². The van der Waals surface area contributed by atoms with Crippen molar-refractivity contribution in [3.63, 3.8) is 0 Å². The Hall–Kier alpha value is -0.940. The number of carboxylic acids is 1. The molecule has 1 saturated heterocycles. The summed E-state index contributed by atoms with van der Waals surface area (Å²) >= 11 is 1.73. The quantitative estimate of drug-likeness (QED) is 0.927. The summed E-state index contributed by atoms with van der Waals surface area (Å²) in [5.74, 6) is -0.0666. The summed E-state index contributed by atoms with van der Waals surface area (Å²) < 4.78 is 0. The average molecular weight is 294 g/mol. The lowest BCUT2D eigenvalue weighted by Crippen LogP contribution is -2.41. The van der Waals surface area contributed by atoms with E-state index in [9.17, 15) is 9.90 Å². The number of aryl methyl sites for hydroxylation is 1. The molecule has 4 nitrogen and oxygen atoms in total. The van der Waals surface area contributed by atoms with Gasteiger partial charge in [0.05, 0.1) is 5.01 Å². The van der Waals surface area contributed by atoms with Crippen molar-refractivity contribution in [1.29, 1.82) is 0 Å². The van der Waals surface area contributed by atoms with Crippen LogP contribution < -0.4 is 0 Å². The molecule has 0 amide bonds. The van der Waals surface area contributed by atoms with Gasteiger partial charge in [-0.25, -0.2) is 4.98 Å². The van der Waals surface area contributed by atoms with Crippen LogP contribution in [0.3, 0.4) is 0 Å². The van der Waals surface area contributed by atoms with Crippen LogP contribution in [0.1, 0.15) is 48.9 Å². The molecule has 0 bridgehead atoms. The van der Waals surface area contributed by atoms with Crippen LogP contribution >= 0.6 is 11.3 Å². The van der Waals surface area contributed by atoms with Gasteiger partial charge in [0.25, 0.3) is 0 Å². The number of aliphatic carboxylic acids is 1. The second-order valence-corrected chi connectivity index (χ2v) is 7.15. The van der Waals surface area contributed by atoms with Gasteiger partial charge in [-0.2, -0.15) is 0 Å². The van der Waals surface area contributed by atoms with E-state index in [0.29, 0.717) is 12.0 Å². The molecule has 5 heteroatoms. The van der Waals surface area contributed by atoms with Gasteiger partial charge in [-0.05, 0) is 31.6 Å². The van der Waals surface area contributed by atoms with Gasteiger partial charge in [-0.15, -0.1) is 11.3 Å². The van der Waals surface area contributed by atoms with Crippen molar-refractivity contribution in [2.45, 2.75) is 64.1 Å². The van der Waals surface area contributed by atoms with Crippen molar-refractivity contribution in [2.75, 3.05) is 0 Å². The molecular formula is C15H22N2O2S. The fraction of sp³-hybridized carbons (Fsp3) is 0.733. The lowest BCUT2D eigenvalue weighted by molar-refractivity contribution is -0.142. The normalized spacial score (nSPS) is 30.4. The average Bonchev–Trinajstić information content (AvgIpc) is 3.04. The highest BCUT2D eigenvalue weighted by molar-refractivity contribution is 7.11. The maximum Gasteiger partial charge on any atom is 0.320 e. The fourth-order valence-electron chi connectivity index (χ4n) is 3.79. The third-order valence-corrected chi connectivity index (χ3v) is 5.88. The van der Waals surface area contributed by atoms with Crippen molar-refractivity contribution < 1.29 is 9.90 Å². The number of rotatable bonds is 4. The summed E-state index contributed by atoms with van der Waals surface area (Å²) in [7, 11) is 0. The first-order valence-corrected chi connectivity index (χ1v) is 8.42. The number of hydrogen-bond donors (Lipinski definition) is 1. The highest BCUT2D eigenvalue weighted by atomic mass is 32.1. The van der Waals surface area contributed by atoms with Crippen molar-refractivity contribution in [3.05, 3.63) is 16.1 Å². The zero-order valence-electron chi connectivity index (χ0n) is 11.9. The first-order chi connectivity index (χ1) is 9.69. The number of nitrogens with zero attached hydrogens (tertiary/aromatic N) is 2. The summed E-state index contributed by atoms with van der Waals surface area (Å²) in [6.45, 7) is 2.87. The van der Waals surface area contributed by atoms with Gasteiger partial charge >= 0.3 is 5.97 Å². The van der Waals surface area contributed by atoms with E-state index in [1.54, 1.807) is 11.3 Å². The first-order valence-electron chi connectivity index (χ1n) is 7.61. The SMILES string of the molecule is CCc1ncc(CN2C(C(=O)O)CC3CCCCC32)s1. The van der Waals surface area contributed by atoms with E-state index in [0.717, 1.165) is 30.8 Å². The van der Waals surface area contributed by atoms with Crippen LogP contribution in [0.15, 0.2) is 6.20 Å². The zero-order valence-corrected chi connectivity index (χ0v) is 12.7. The van der Waals surface area contributed by atoms with Crippen molar-refractivity contribution in [3.8, 4) is 0 Å². The molecule has 1 aliphatic heterocycles. The topological polar surface area (TPSA) is 53.4 Å². The molecule has 3 atom stereocenters. The van der Waals surface area contributed by atoms with Crippen LogP contribution in [0.25, 0.3) is 0 Å². The van der Waals surface area contributed by atoms with Crippen LogP contribution in [-0.2, 0) is 17.8 Å². The molecule has 1 aromatic rings. The molecule has 20 heavy (non-hydrogen) atoms. The Morgan fingerprint density at radius 3 is 3.00 bits per heavy atom. The molecule has 1 saturated carbocycles. The largest absolute Gasteiger partial charge is 0.480 e. The predicted molar refractivity (Wildman–Crippen MR) is 78.8 cm³/mol. The Morgan fingerprint density at radius 1 is 1.50 bits per heavy atom. The Balaban J connectivity index is 1.78. The molecule has 1 aliphatic carbocycles. The summed E-state index contributed by atoms with van der Waals surface area (Å²) in [5, 5.41) is 10.7. The number of carboxylic acid groups (broad SMARTS) is 1. The molecule has 2 fully saturated rings. The number of likely N-dealkylation sites (tertiary alicyclic amines) is 1. The molecule has 1 N–H and O–H groups in total. The third kappa shape index (κ3) is 2.61. The van der Waals surface area contributed by atoms with Crippen molar-refractivity contribution in [2.24, 2.45) is 5.92 Å². The monoisotopic (exact) mass is 294 g/mol. The third-order valence-electron chi connectivity index (χ3n) is 4.75. The van der Waals surface area contributed by atoms with Crippen LogP contribution in [0.2, 0.25) is 0 Å². The van der Waals surface area contributed by atoms with Gasteiger partial charge in [-0.1, -0.05) is 19.8 Å². The molecule has 0 radical (unpaired) electrons.